The lowest BCUT2D eigenvalue weighted by Gasteiger charge is -2.26. The predicted octanol–water partition coefficient (Wildman–Crippen LogP) is 2.42. The van der Waals surface area contributed by atoms with Crippen LogP contribution in [0.2, 0.25) is 0 Å². The van der Waals surface area contributed by atoms with Crippen molar-refractivity contribution in [3.05, 3.63) is 17.0 Å². The maximum atomic E-state index is 12.1. The first kappa shape index (κ1) is 15.0. The molecule has 1 aliphatic carbocycles. The molecule has 19 heavy (non-hydrogen) atoms. The Kier molecular flexibility index (Phi) is 4.66. The Balaban J connectivity index is 2.01. The molecule has 0 radical (unpaired) electrons. The van der Waals surface area contributed by atoms with Crippen LogP contribution in [-0.2, 0) is 10.0 Å². The van der Waals surface area contributed by atoms with Crippen molar-refractivity contribution in [3.63, 3.8) is 0 Å². The predicted molar refractivity (Wildman–Crippen MR) is 76.9 cm³/mol. The van der Waals surface area contributed by atoms with Gasteiger partial charge in [0.1, 0.15) is 4.21 Å². The molecule has 0 aliphatic heterocycles. The summed E-state index contributed by atoms with van der Waals surface area (Å²) < 4.78 is 27.1. The van der Waals surface area contributed by atoms with E-state index >= 15 is 0 Å². The van der Waals surface area contributed by atoms with Gasteiger partial charge in [-0.2, -0.15) is 0 Å². The van der Waals surface area contributed by atoms with E-state index in [1.807, 2.05) is 6.92 Å². The van der Waals surface area contributed by atoms with Crippen LogP contribution < -0.4 is 4.72 Å². The molecule has 0 bridgehead atoms. The number of sulfonamides is 1. The topological polar surface area (TPSA) is 66.4 Å². The first-order chi connectivity index (χ1) is 8.91. The van der Waals surface area contributed by atoms with Gasteiger partial charge in [-0.25, -0.2) is 13.1 Å². The third kappa shape index (κ3) is 4.02. The molecule has 0 amide bonds. The molecule has 2 rings (SSSR count). The van der Waals surface area contributed by atoms with Crippen LogP contribution in [0.3, 0.4) is 0 Å². The average molecular weight is 303 g/mol. The van der Waals surface area contributed by atoms with E-state index in [1.165, 1.54) is 11.3 Å². The zero-order valence-electron chi connectivity index (χ0n) is 11.2. The van der Waals surface area contributed by atoms with E-state index in [4.69, 9.17) is 0 Å². The van der Waals surface area contributed by atoms with Gasteiger partial charge in [0.2, 0.25) is 10.0 Å². The summed E-state index contributed by atoms with van der Waals surface area (Å²) >= 11 is 1.25. The molecule has 0 saturated heterocycles. The van der Waals surface area contributed by atoms with Gasteiger partial charge in [-0.3, -0.25) is 0 Å². The first-order valence-electron chi connectivity index (χ1n) is 6.70. The molecular weight excluding hydrogens is 282 g/mol. The molecule has 0 atom stereocenters. The first-order valence-corrected chi connectivity index (χ1v) is 9.00. The summed E-state index contributed by atoms with van der Waals surface area (Å²) in [5.41, 5.74) is -0.879. The van der Waals surface area contributed by atoms with Gasteiger partial charge >= 0.3 is 0 Å². The fourth-order valence-electron chi connectivity index (χ4n) is 2.42. The highest BCUT2D eigenvalue weighted by atomic mass is 32.2. The van der Waals surface area contributed by atoms with Crippen LogP contribution in [0.15, 0.2) is 16.3 Å². The molecule has 108 valence electrons. The largest absolute Gasteiger partial charge is 0.389 e. The number of aryl methyl sites for hydroxylation is 1. The minimum atomic E-state index is -3.48. The van der Waals surface area contributed by atoms with Crippen molar-refractivity contribution in [1.82, 2.24) is 4.72 Å². The van der Waals surface area contributed by atoms with Crippen molar-refractivity contribution >= 4 is 21.4 Å². The number of nitrogens with one attached hydrogen (secondary N) is 1. The molecule has 2 N–H and O–H groups in total. The molecule has 0 spiro atoms. The van der Waals surface area contributed by atoms with Gasteiger partial charge < -0.3 is 5.11 Å². The van der Waals surface area contributed by atoms with E-state index in [0.717, 1.165) is 30.6 Å². The standard InChI is InChI=1S/C13H21NO3S2/c1-11-6-7-12(18-11)19(16,17)14-10-13(15)8-4-2-3-5-9-13/h6-7,14-15H,2-5,8-10H2,1H3. The third-order valence-corrected chi connectivity index (χ3v) is 6.50. The Hall–Kier alpha value is -0.430. The Bertz CT molecular complexity index is 514. The molecular formula is C13H21NO3S2. The molecule has 0 unspecified atom stereocenters. The molecule has 6 heteroatoms. The van der Waals surface area contributed by atoms with Crippen molar-refractivity contribution in [2.75, 3.05) is 6.54 Å². The number of thiophene rings is 1. The number of hydrogen-bond acceptors (Lipinski definition) is 4. The number of hydrogen-bond donors (Lipinski definition) is 2. The van der Waals surface area contributed by atoms with Crippen LogP contribution in [-0.4, -0.2) is 25.7 Å². The van der Waals surface area contributed by atoms with Crippen LogP contribution in [0.1, 0.15) is 43.4 Å². The lowest BCUT2D eigenvalue weighted by molar-refractivity contribution is 0.0303. The van der Waals surface area contributed by atoms with Crippen molar-refractivity contribution < 1.29 is 13.5 Å². The molecule has 1 aliphatic rings. The van der Waals surface area contributed by atoms with Crippen LogP contribution in [0.5, 0.6) is 0 Å². The average Bonchev–Trinajstić information content (AvgIpc) is 2.68. The molecule has 4 nitrogen and oxygen atoms in total. The van der Waals surface area contributed by atoms with Crippen LogP contribution >= 0.6 is 11.3 Å². The Morgan fingerprint density at radius 2 is 1.89 bits per heavy atom. The molecule has 0 aromatic carbocycles. The minimum Gasteiger partial charge on any atom is -0.389 e. The van der Waals surface area contributed by atoms with Gasteiger partial charge in [-0.05, 0) is 31.9 Å². The highest BCUT2D eigenvalue weighted by molar-refractivity contribution is 7.91. The summed E-state index contributed by atoms with van der Waals surface area (Å²) in [5.74, 6) is 0. The molecule has 1 heterocycles. The monoisotopic (exact) mass is 303 g/mol. The summed E-state index contributed by atoms with van der Waals surface area (Å²) in [7, 11) is -3.48. The van der Waals surface area contributed by atoms with Crippen LogP contribution in [0, 0.1) is 6.92 Å². The van der Waals surface area contributed by atoms with Crippen molar-refractivity contribution in [2.45, 2.75) is 55.3 Å². The smallest absolute Gasteiger partial charge is 0.250 e. The lowest BCUT2D eigenvalue weighted by atomic mass is 9.95. The van der Waals surface area contributed by atoms with Gasteiger partial charge in [0, 0.05) is 11.4 Å². The Morgan fingerprint density at radius 1 is 1.26 bits per heavy atom. The normalized spacial score (nSPS) is 20.1. The molecule has 1 aromatic rings. The van der Waals surface area contributed by atoms with Crippen LogP contribution in [0.25, 0.3) is 0 Å². The second-order valence-corrected chi connectivity index (χ2v) is 8.61. The van der Waals surface area contributed by atoms with E-state index in [2.05, 4.69) is 4.72 Å². The zero-order valence-corrected chi connectivity index (χ0v) is 12.8. The van der Waals surface area contributed by atoms with Gasteiger partial charge in [-0.1, -0.05) is 25.7 Å². The molecule has 1 fully saturated rings. The summed E-state index contributed by atoms with van der Waals surface area (Å²) in [6.45, 7) is 1.99. The highest BCUT2D eigenvalue weighted by Crippen LogP contribution is 2.27. The SMILES string of the molecule is Cc1ccc(S(=O)(=O)NCC2(O)CCCCCC2)s1. The highest BCUT2D eigenvalue weighted by Gasteiger charge is 2.30. The lowest BCUT2D eigenvalue weighted by Crippen LogP contribution is -2.42. The summed E-state index contributed by atoms with van der Waals surface area (Å²) in [4.78, 5) is 0.966. The second-order valence-electron chi connectivity index (χ2n) is 5.33. The van der Waals surface area contributed by atoms with Gasteiger partial charge in [-0.15, -0.1) is 11.3 Å². The minimum absolute atomic E-state index is 0.117. The van der Waals surface area contributed by atoms with E-state index in [-0.39, 0.29) is 6.54 Å². The van der Waals surface area contributed by atoms with E-state index in [1.54, 1.807) is 12.1 Å². The van der Waals surface area contributed by atoms with Crippen molar-refractivity contribution in [2.24, 2.45) is 0 Å². The fourth-order valence-corrected chi connectivity index (χ4v) is 4.87. The van der Waals surface area contributed by atoms with Gasteiger partial charge in [0.05, 0.1) is 5.60 Å². The number of rotatable bonds is 4. The maximum Gasteiger partial charge on any atom is 0.250 e. The summed E-state index contributed by atoms with van der Waals surface area (Å²) in [6.07, 6.45) is 5.54. The Morgan fingerprint density at radius 3 is 2.42 bits per heavy atom. The van der Waals surface area contributed by atoms with Crippen molar-refractivity contribution in [3.8, 4) is 0 Å². The number of aliphatic hydroxyl groups is 1. The zero-order chi connectivity index (χ0) is 13.9. The second kappa shape index (κ2) is 5.91. The van der Waals surface area contributed by atoms with E-state index in [0.29, 0.717) is 17.1 Å². The fraction of sp³-hybridized carbons (Fsp3) is 0.692. The van der Waals surface area contributed by atoms with E-state index < -0.39 is 15.6 Å². The van der Waals surface area contributed by atoms with Crippen LogP contribution in [0.4, 0.5) is 0 Å². The quantitative estimate of drug-likeness (QED) is 0.840. The molecule has 1 saturated carbocycles. The van der Waals surface area contributed by atoms with E-state index in [9.17, 15) is 13.5 Å². The van der Waals surface area contributed by atoms with Gasteiger partial charge in [0.15, 0.2) is 0 Å². The maximum absolute atomic E-state index is 12.1. The Labute approximate surface area is 118 Å². The third-order valence-electron chi connectivity index (χ3n) is 3.61. The summed E-state index contributed by atoms with van der Waals surface area (Å²) in [6, 6.07) is 3.40. The van der Waals surface area contributed by atoms with Crippen molar-refractivity contribution in [1.29, 1.82) is 0 Å². The van der Waals surface area contributed by atoms with Gasteiger partial charge in [0.25, 0.3) is 0 Å². The summed E-state index contributed by atoms with van der Waals surface area (Å²) in [5, 5.41) is 10.4. The molecule has 1 aromatic heterocycles.